The number of hydrogen-bond acceptors (Lipinski definition) is 4. The molecule has 0 aliphatic carbocycles. The molecule has 1 aliphatic heterocycles. The molecule has 29 heavy (non-hydrogen) atoms. The van der Waals surface area contributed by atoms with Crippen LogP contribution in [-0.2, 0) is 7.05 Å². The summed E-state index contributed by atoms with van der Waals surface area (Å²) >= 11 is 6.00. The number of aromatic nitrogens is 2. The van der Waals surface area contributed by atoms with Gasteiger partial charge in [-0.25, -0.2) is 9.78 Å². The van der Waals surface area contributed by atoms with Crippen LogP contribution in [0.2, 0.25) is 5.02 Å². The third-order valence-corrected chi connectivity index (χ3v) is 4.91. The molecule has 0 spiro atoms. The summed E-state index contributed by atoms with van der Waals surface area (Å²) in [6.07, 6.45) is 3.27. The van der Waals surface area contributed by atoms with Gasteiger partial charge in [0, 0.05) is 24.5 Å². The summed E-state index contributed by atoms with van der Waals surface area (Å²) in [4.78, 5) is 17.0. The molecule has 2 heterocycles. The maximum Gasteiger partial charge on any atom is 0.315 e. The van der Waals surface area contributed by atoms with E-state index in [4.69, 9.17) is 21.1 Å². The summed E-state index contributed by atoms with van der Waals surface area (Å²) in [5, 5.41) is 6.47. The van der Waals surface area contributed by atoms with Gasteiger partial charge in [0.25, 0.3) is 0 Å². The Labute approximate surface area is 173 Å². The number of benzene rings is 2. The van der Waals surface area contributed by atoms with Gasteiger partial charge in [0.15, 0.2) is 17.6 Å². The number of halogens is 1. The van der Waals surface area contributed by atoms with E-state index in [0.29, 0.717) is 35.5 Å². The minimum absolute atomic E-state index is 0.266. The Morgan fingerprint density at radius 2 is 2.00 bits per heavy atom. The molecule has 0 fully saturated rings. The Hall–Kier alpha value is -3.19. The highest BCUT2D eigenvalue weighted by Gasteiger charge is 2.23. The lowest BCUT2D eigenvalue weighted by Crippen LogP contribution is -2.45. The number of nitrogens with zero attached hydrogens (tertiary/aromatic N) is 2. The lowest BCUT2D eigenvalue weighted by Gasteiger charge is -2.27. The molecule has 0 bridgehead atoms. The van der Waals surface area contributed by atoms with Gasteiger partial charge in [-0.05, 0) is 29.8 Å². The van der Waals surface area contributed by atoms with Gasteiger partial charge in [0.2, 0.25) is 0 Å². The molecular weight excluding hydrogens is 392 g/mol. The number of rotatable bonds is 5. The van der Waals surface area contributed by atoms with Gasteiger partial charge >= 0.3 is 6.03 Å². The van der Waals surface area contributed by atoms with E-state index < -0.39 is 6.04 Å². The number of nitrogens with one attached hydrogen (secondary N) is 2. The van der Waals surface area contributed by atoms with E-state index in [2.05, 4.69) is 15.6 Å². The fraction of sp³-hybridized carbons (Fsp3) is 0.238. The molecule has 4 rings (SSSR count). The molecule has 2 amide bonds. The molecule has 0 unspecified atom stereocenters. The van der Waals surface area contributed by atoms with E-state index in [9.17, 15) is 4.79 Å². The zero-order valence-electron chi connectivity index (χ0n) is 15.8. The molecule has 1 aliphatic rings. The maximum absolute atomic E-state index is 12.6. The topological polar surface area (TPSA) is 77.4 Å². The van der Waals surface area contributed by atoms with Crippen LogP contribution in [0.25, 0.3) is 0 Å². The van der Waals surface area contributed by atoms with Crippen LogP contribution in [-0.4, -0.2) is 34.8 Å². The van der Waals surface area contributed by atoms with Gasteiger partial charge < -0.3 is 24.7 Å². The van der Waals surface area contributed by atoms with Gasteiger partial charge in [-0.1, -0.05) is 35.9 Å². The standard InChI is InChI=1S/C21H21ClN4O3/c1-26-11-10-23-20(26)19(14-6-8-15(22)9-7-14)25-21(27)24-12-16-13-28-17-4-2-3-5-18(17)29-16/h2-11,16,19H,12-13H2,1H3,(H2,24,25,27)/t16-,19-/m0/s1. The monoisotopic (exact) mass is 412 g/mol. The third-order valence-electron chi connectivity index (χ3n) is 4.65. The van der Waals surface area contributed by atoms with Crippen molar-refractivity contribution in [3.63, 3.8) is 0 Å². The molecule has 0 saturated carbocycles. The molecular formula is C21H21ClN4O3. The fourth-order valence-electron chi connectivity index (χ4n) is 3.16. The maximum atomic E-state index is 12.6. The zero-order chi connectivity index (χ0) is 20.2. The Bertz CT molecular complexity index is 990. The Kier molecular flexibility index (Phi) is 5.57. The van der Waals surface area contributed by atoms with Crippen LogP contribution in [0.1, 0.15) is 17.4 Å². The van der Waals surface area contributed by atoms with Gasteiger partial charge in [-0.3, -0.25) is 0 Å². The molecule has 0 saturated heterocycles. The third kappa shape index (κ3) is 4.46. The van der Waals surface area contributed by atoms with E-state index in [1.54, 1.807) is 18.3 Å². The lowest BCUT2D eigenvalue weighted by molar-refractivity contribution is 0.0917. The van der Waals surface area contributed by atoms with Crippen LogP contribution in [0.4, 0.5) is 4.79 Å². The lowest BCUT2D eigenvalue weighted by atomic mass is 10.1. The zero-order valence-corrected chi connectivity index (χ0v) is 16.6. The number of hydrogen-bond donors (Lipinski definition) is 2. The summed E-state index contributed by atoms with van der Waals surface area (Å²) in [6, 6.07) is 14.1. The highest BCUT2D eigenvalue weighted by Crippen LogP contribution is 2.30. The first kappa shape index (κ1) is 19.1. The van der Waals surface area contributed by atoms with E-state index >= 15 is 0 Å². The van der Waals surface area contributed by atoms with Crippen LogP contribution in [0.15, 0.2) is 60.9 Å². The minimum Gasteiger partial charge on any atom is -0.486 e. The molecule has 8 heteroatoms. The number of fused-ring (bicyclic) bond motifs is 1. The van der Waals surface area contributed by atoms with Crippen molar-refractivity contribution in [2.24, 2.45) is 7.05 Å². The van der Waals surface area contributed by atoms with Crippen molar-refractivity contribution in [2.45, 2.75) is 12.1 Å². The van der Waals surface area contributed by atoms with Crippen LogP contribution < -0.4 is 20.1 Å². The second-order valence-corrected chi connectivity index (χ2v) is 7.17. The van der Waals surface area contributed by atoms with E-state index in [-0.39, 0.29) is 12.1 Å². The first-order valence-electron chi connectivity index (χ1n) is 9.25. The number of para-hydroxylation sites is 2. The molecule has 3 aromatic rings. The van der Waals surface area contributed by atoms with Crippen LogP contribution in [0, 0.1) is 0 Å². The average Bonchev–Trinajstić information content (AvgIpc) is 3.16. The molecule has 2 N–H and O–H groups in total. The largest absolute Gasteiger partial charge is 0.486 e. The van der Waals surface area contributed by atoms with Crippen molar-refractivity contribution >= 4 is 17.6 Å². The molecule has 0 radical (unpaired) electrons. The van der Waals surface area contributed by atoms with Gasteiger partial charge in [-0.2, -0.15) is 0 Å². The van der Waals surface area contributed by atoms with Crippen LogP contribution in [0.3, 0.4) is 0 Å². The minimum atomic E-state index is -0.420. The number of amides is 2. The summed E-state index contributed by atoms with van der Waals surface area (Å²) in [6.45, 7) is 0.686. The predicted octanol–water partition coefficient (Wildman–Crippen LogP) is 3.30. The molecule has 1 aromatic heterocycles. The smallest absolute Gasteiger partial charge is 0.315 e. The Morgan fingerprint density at radius 1 is 1.24 bits per heavy atom. The first-order valence-corrected chi connectivity index (χ1v) is 9.63. The van der Waals surface area contributed by atoms with E-state index in [0.717, 1.165) is 5.56 Å². The summed E-state index contributed by atoms with van der Waals surface area (Å²) in [7, 11) is 1.88. The Morgan fingerprint density at radius 3 is 2.72 bits per heavy atom. The fourth-order valence-corrected chi connectivity index (χ4v) is 3.29. The Balaban J connectivity index is 1.41. The van der Waals surface area contributed by atoms with Crippen LogP contribution in [0.5, 0.6) is 11.5 Å². The molecule has 150 valence electrons. The number of imidazole rings is 1. The van der Waals surface area contributed by atoms with Crippen molar-refractivity contribution in [3.05, 3.63) is 77.3 Å². The highest BCUT2D eigenvalue weighted by molar-refractivity contribution is 6.30. The summed E-state index contributed by atoms with van der Waals surface area (Å²) in [5.41, 5.74) is 0.880. The molecule has 7 nitrogen and oxygen atoms in total. The SMILES string of the molecule is Cn1ccnc1[C@@H](NC(=O)NC[C@H]1COc2ccccc2O1)c1ccc(Cl)cc1. The van der Waals surface area contributed by atoms with Crippen molar-refractivity contribution in [1.82, 2.24) is 20.2 Å². The number of aryl methyl sites for hydroxylation is 1. The van der Waals surface area contributed by atoms with Crippen molar-refractivity contribution in [3.8, 4) is 11.5 Å². The first-order chi connectivity index (χ1) is 14.1. The van der Waals surface area contributed by atoms with Gasteiger partial charge in [0.1, 0.15) is 18.5 Å². The van der Waals surface area contributed by atoms with Gasteiger partial charge in [0.05, 0.1) is 6.54 Å². The second kappa shape index (κ2) is 8.45. The van der Waals surface area contributed by atoms with Crippen molar-refractivity contribution in [2.75, 3.05) is 13.2 Å². The van der Waals surface area contributed by atoms with E-state index in [1.165, 1.54) is 0 Å². The van der Waals surface area contributed by atoms with Gasteiger partial charge in [-0.15, -0.1) is 0 Å². The summed E-state index contributed by atoms with van der Waals surface area (Å²) < 4.78 is 13.4. The van der Waals surface area contributed by atoms with Crippen LogP contribution >= 0.6 is 11.6 Å². The average molecular weight is 413 g/mol. The number of carbonyl (C=O) groups is 1. The van der Waals surface area contributed by atoms with Crippen molar-refractivity contribution < 1.29 is 14.3 Å². The predicted molar refractivity (Wildman–Crippen MR) is 109 cm³/mol. The number of urea groups is 1. The summed E-state index contributed by atoms with van der Waals surface area (Å²) in [5.74, 6) is 2.11. The number of ether oxygens (including phenoxy) is 2. The quantitative estimate of drug-likeness (QED) is 0.674. The van der Waals surface area contributed by atoms with E-state index in [1.807, 2.05) is 54.2 Å². The number of carbonyl (C=O) groups excluding carboxylic acids is 1. The molecule has 2 atom stereocenters. The highest BCUT2D eigenvalue weighted by atomic mass is 35.5. The van der Waals surface area contributed by atoms with Crippen molar-refractivity contribution in [1.29, 1.82) is 0 Å². The second-order valence-electron chi connectivity index (χ2n) is 6.73. The molecule has 2 aromatic carbocycles. The normalized spacial score (nSPS) is 16.1.